The summed E-state index contributed by atoms with van der Waals surface area (Å²) in [6.45, 7) is 22.6. The molecule has 291 valence electrons. The molecule has 0 aliphatic rings. The van der Waals surface area contributed by atoms with Gasteiger partial charge >= 0.3 is 0 Å². The van der Waals surface area contributed by atoms with Gasteiger partial charge in [-0.25, -0.2) is 0 Å². The van der Waals surface area contributed by atoms with Crippen LogP contribution >= 0.6 is 0 Å². The Labute approximate surface area is 345 Å². The molecule has 6 rings (SSSR count). The van der Waals surface area contributed by atoms with E-state index in [0.717, 1.165) is 70.1 Å². The molecule has 0 fully saturated rings. The number of nitrogens with zero attached hydrogens (tertiary/aromatic N) is 2. The summed E-state index contributed by atoms with van der Waals surface area (Å²) in [7, 11) is 0. The quantitative estimate of drug-likeness (QED) is 0.0892. The van der Waals surface area contributed by atoms with Crippen LogP contribution in [0.15, 0.2) is 97.0 Å². The predicted molar refractivity (Wildman–Crippen MR) is 229 cm³/mol. The Morgan fingerprint density at radius 1 is 0.709 bits per heavy atom. The van der Waals surface area contributed by atoms with Crippen LogP contribution in [-0.4, -0.2) is 20.9 Å². The first-order valence-corrected chi connectivity index (χ1v) is 19.3. The van der Waals surface area contributed by atoms with Crippen molar-refractivity contribution in [3.8, 4) is 22.5 Å². The van der Waals surface area contributed by atoms with Gasteiger partial charge in [-0.2, -0.15) is 0 Å². The fourth-order valence-corrected chi connectivity index (χ4v) is 6.74. The van der Waals surface area contributed by atoms with E-state index in [2.05, 4.69) is 123 Å². The number of ketones is 1. The number of pyridine rings is 2. The van der Waals surface area contributed by atoms with Crippen molar-refractivity contribution >= 4 is 27.3 Å². The maximum atomic E-state index is 11.9. The Balaban J connectivity index is 0.000000225. The second-order valence-corrected chi connectivity index (χ2v) is 14.9. The van der Waals surface area contributed by atoms with E-state index in [1.807, 2.05) is 53.8 Å². The Bertz CT molecular complexity index is 2260. The minimum atomic E-state index is -0.248. The summed E-state index contributed by atoms with van der Waals surface area (Å²) in [6.07, 6.45) is 7.00. The van der Waals surface area contributed by atoms with Crippen LogP contribution < -0.4 is 0 Å². The molecule has 4 aromatic carbocycles. The second kappa shape index (κ2) is 20.5. The van der Waals surface area contributed by atoms with Gasteiger partial charge in [0, 0.05) is 49.9 Å². The number of aryl methyl sites for hydroxylation is 6. The zero-order chi connectivity index (χ0) is 40.4. The van der Waals surface area contributed by atoms with E-state index in [1.54, 1.807) is 0 Å². The van der Waals surface area contributed by atoms with Gasteiger partial charge in [0.2, 0.25) is 0 Å². The number of aliphatic hydroxyl groups excluding tert-OH is 1. The molecule has 4 nitrogen and oxygen atoms in total. The van der Waals surface area contributed by atoms with Crippen molar-refractivity contribution in [2.75, 3.05) is 0 Å². The van der Waals surface area contributed by atoms with Crippen LogP contribution in [0.4, 0.5) is 0 Å². The summed E-state index contributed by atoms with van der Waals surface area (Å²) in [4.78, 5) is 20.8. The molecule has 0 saturated heterocycles. The van der Waals surface area contributed by atoms with Gasteiger partial charge in [0.1, 0.15) is 5.76 Å². The van der Waals surface area contributed by atoms with Crippen molar-refractivity contribution in [1.29, 1.82) is 0 Å². The number of fused-ring (bicyclic) bond motifs is 2. The normalized spacial score (nSPS) is 11.6. The van der Waals surface area contributed by atoms with Gasteiger partial charge < -0.3 is 15.1 Å². The van der Waals surface area contributed by atoms with E-state index in [1.165, 1.54) is 39.1 Å². The summed E-state index contributed by atoms with van der Waals surface area (Å²) >= 11 is 0. The zero-order valence-corrected chi connectivity index (χ0v) is 37.0. The molecular weight excluding hydrogens is 853 g/mol. The summed E-state index contributed by atoms with van der Waals surface area (Å²) < 4.78 is 7.92. The van der Waals surface area contributed by atoms with Crippen LogP contribution in [0.25, 0.3) is 44.1 Å². The minimum absolute atomic E-state index is 0. The number of hydrogen-bond donors (Lipinski definition) is 1. The van der Waals surface area contributed by atoms with Crippen LogP contribution in [0, 0.1) is 65.0 Å². The molecule has 0 bridgehead atoms. The Hall–Kier alpha value is -4.44. The molecule has 0 unspecified atom stereocenters. The van der Waals surface area contributed by atoms with Crippen LogP contribution in [0.2, 0.25) is 0 Å². The summed E-state index contributed by atoms with van der Waals surface area (Å²) in [6, 6.07) is 31.8. The van der Waals surface area contributed by atoms with Crippen molar-refractivity contribution in [1.82, 2.24) is 9.97 Å². The van der Waals surface area contributed by atoms with Gasteiger partial charge in [-0.3, -0.25) is 4.79 Å². The molecule has 0 spiro atoms. The topological polar surface area (TPSA) is 63.1 Å². The molecule has 2 aromatic heterocycles. The molecule has 0 saturated carbocycles. The maximum absolute atomic E-state index is 11.9. The van der Waals surface area contributed by atoms with Crippen molar-refractivity contribution in [2.24, 2.45) is 11.3 Å². The minimum Gasteiger partial charge on any atom is -0.512 e. The van der Waals surface area contributed by atoms with Gasteiger partial charge in [0.15, 0.2) is 5.78 Å². The van der Waals surface area contributed by atoms with Crippen LogP contribution in [0.5, 0.6) is 0 Å². The number of hydrogen-bond acceptors (Lipinski definition) is 4. The largest absolute Gasteiger partial charge is 0.512 e. The summed E-state index contributed by atoms with van der Waals surface area (Å²) in [5, 5.41) is 14.6. The third-order valence-electron chi connectivity index (χ3n) is 10.4. The van der Waals surface area contributed by atoms with Crippen LogP contribution in [0.3, 0.4) is 0 Å². The summed E-state index contributed by atoms with van der Waals surface area (Å²) in [5.41, 5.74) is 10.8. The van der Waals surface area contributed by atoms with E-state index in [0.29, 0.717) is 6.17 Å². The predicted octanol–water partition coefficient (Wildman–Crippen LogP) is 13.5. The standard InChI is InChI=1S/2C18H16N.C14H26O2.Ir/c2*1-12-4-5-17-15(9-12)6-7-19-18(17)16-10-13(2)8-14(3)11-16;1-6-11(7-2)12(15)10-13(16)14(5,8-3)9-4;/h2*4-10H,1-3H3;10-11,16H,6-9H2,1-5H3;/q2*-1;;/b;;13-10-;/i7D;;;. The molecule has 1 N–H and O–H groups in total. The molecule has 2 heterocycles. The number of benzene rings is 4. The second-order valence-electron chi connectivity index (χ2n) is 14.9. The first-order chi connectivity index (χ1) is 26.1. The van der Waals surface area contributed by atoms with E-state index in [-0.39, 0.29) is 43.0 Å². The third kappa shape index (κ3) is 11.8. The average Bonchev–Trinajstić information content (AvgIpc) is 3.13. The zero-order valence-electron chi connectivity index (χ0n) is 35.6. The van der Waals surface area contributed by atoms with Gasteiger partial charge in [0.05, 0.1) is 1.37 Å². The van der Waals surface area contributed by atoms with Gasteiger partial charge in [0.25, 0.3) is 0 Å². The number of carbonyl (C=O) groups is 1. The maximum Gasteiger partial charge on any atom is 0.162 e. The molecule has 0 atom stereocenters. The molecular formula is C50H58IrN2O2-2. The van der Waals surface area contributed by atoms with E-state index in [9.17, 15) is 9.90 Å². The SMILES string of the molecule is CCC(CC)C(=O)/C=C(\O)C(C)(CC)CC.Cc1[c-]c(-c2nccc3cc(C)ccc23)cc(C)c1.[2H]c1cc2cc(C)ccc2c(-c2[c-]c(C)cc(C)c2)n1.[Ir]. The summed E-state index contributed by atoms with van der Waals surface area (Å²) in [5.74, 6) is 0.366. The number of rotatable bonds is 9. The monoisotopic (exact) mass is 912 g/mol. The number of carbonyl (C=O) groups excluding carboxylic acids is 1. The Morgan fingerprint density at radius 2 is 1.18 bits per heavy atom. The average molecular weight is 912 g/mol. The number of aliphatic hydroxyl groups is 1. The molecule has 0 aliphatic carbocycles. The molecule has 0 amide bonds. The number of aromatic nitrogens is 2. The van der Waals surface area contributed by atoms with Gasteiger partial charge in [-0.1, -0.05) is 110 Å². The van der Waals surface area contributed by atoms with E-state index in [4.69, 9.17) is 1.37 Å². The molecule has 5 heteroatoms. The fourth-order valence-electron chi connectivity index (χ4n) is 6.74. The Morgan fingerprint density at radius 3 is 1.64 bits per heavy atom. The third-order valence-corrected chi connectivity index (χ3v) is 10.4. The smallest absolute Gasteiger partial charge is 0.162 e. The van der Waals surface area contributed by atoms with E-state index < -0.39 is 0 Å². The van der Waals surface area contributed by atoms with E-state index >= 15 is 0 Å². The van der Waals surface area contributed by atoms with Gasteiger partial charge in [-0.05, 0) is 84.6 Å². The fraction of sp³-hybridized carbons (Fsp3) is 0.340. The first kappa shape index (κ1) is 43.3. The Kier molecular flexibility index (Phi) is 16.1. The number of allylic oxidation sites excluding steroid dienone is 2. The van der Waals surface area contributed by atoms with Crippen LogP contribution in [-0.2, 0) is 24.9 Å². The molecule has 6 aromatic rings. The molecule has 0 aliphatic heterocycles. The van der Waals surface area contributed by atoms with Gasteiger partial charge in [-0.15, -0.1) is 69.8 Å². The van der Waals surface area contributed by atoms with Crippen molar-refractivity contribution < 1.29 is 31.4 Å². The molecule has 1 radical (unpaired) electrons. The first-order valence-electron chi connectivity index (χ1n) is 19.8. The van der Waals surface area contributed by atoms with Crippen LogP contribution in [0.1, 0.15) is 95.1 Å². The van der Waals surface area contributed by atoms with Crippen molar-refractivity contribution in [3.63, 3.8) is 0 Å². The van der Waals surface area contributed by atoms with Crippen molar-refractivity contribution in [2.45, 2.75) is 102 Å². The molecule has 55 heavy (non-hydrogen) atoms. The van der Waals surface area contributed by atoms with Crippen molar-refractivity contribution in [3.05, 3.63) is 143 Å².